The van der Waals surface area contributed by atoms with Gasteiger partial charge in [0, 0.05) is 4.90 Å². The fraction of sp³-hybridized carbons (Fsp3) is 0.111. The molecule has 0 unspecified atom stereocenters. The van der Waals surface area contributed by atoms with E-state index < -0.39 is 0 Å². The molecular formula is C18H16S. The van der Waals surface area contributed by atoms with E-state index in [1.54, 1.807) is 0 Å². The number of aryl methyl sites for hydroxylation is 1. The van der Waals surface area contributed by atoms with Gasteiger partial charge >= 0.3 is 0 Å². The molecule has 0 radical (unpaired) electrons. The maximum Gasteiger partial charge on any atom is 0.0227 e. The van der Waals surface area contributed by atoms with Gasteiger partial charge in [-0.2, -0.15) is 0 Å². The van der Waals surface area contributed by atoms with Crippen LogP contribution in [0.3, 0.4) is 0 Å². The van der Waals surface area contributed by atoms with Gasteiger partial charge in [-0.25, -0.2) is 0 Å². The summed E-state index contributed by atoms with van der Waals surface area (Å²) in [6.45, 7) is 8.35. The topological polar surface area (TPSA) is 0 Å². The summed E-state index contributed by atoms with van der Waals surface area (Å²) in [7, 11) is 0. The number of hydrogen-bond donors (Lipinski definition) is 0. The molecule has 1 aliphatic rings. The molecule has 0 aromatic heterocycles. The molecule has 0 N–H and O–H groups in total. The summed E-state index contributed by atoms with van der Waals surface area (Å²) in [6, 6.07) is 15.1. The van der Waals surface area contributed by atoms with Gasteiger partial charge in [0.2, 0.25) is 0 Å². The number of allylic oxidation sites excluding steroid dienone is 3. The van der Waals surface area contributed by atoms with Crippen molar-refractivity contribution in [1.82, 2.24) is 0 Å². The number of benzene rings is 2. The second kappa shape index (κ2) is 4.75. The van der Waals surface area contributed by atoms with Crippen molar-refractivity contribution in [1.29, 1.82) is 0 Å². The fourth-order valence-electron chi connectivity index (χ4n) is 2.60. The van der Waals surface area contributed by atoms with Crippen molar-refractivity contribution in [2.45, 2.75) is 18.7 Å². The molecule has 1 aliphatic heterocycles. The second-order valence-corrected chi connectivity index (χ2v) is 6.00. The third-order valence-electron chi connectivity index (χ3n) is 3.56. The summed E-state index contributed by atoms with van der Waals surface area (Å²) < 4.78 is 0. The van der Waals surface area contributed by atoms with Gasteiger partial charge in [0.05, 0.1) is 0 Å². The molecule has 19 heavy (non-hydrogen) atoms. The smallest absolute Gasteiger partial charge is 0.0227 e. The van der Waals surface area contributed by atoms with E-state index in [2.05, 4.69) is 62.9 Å². The van der Waals surface area contributed by atoms with Gasteiger partial charge in [-0.1, -0.05) is 66.9 Å². The van der Waals surface area contributed by atoms with Crippen molar-refractivity contribution in [3.05, 3.63) is 71.2 Å². The number of hydrogen-bond acceptors (Lipinski definition) is 1. The third-order valence-corrected chi connectivity index (χ3v) is 4.83. The lowest BCUT2D eigenvalue weighted by Gasteiger charge is -2.11. The maximum absolute atomic E-state index is 3.99. The van der Waals surface area contributed by atoms with Crippen LogP contribution < -0.4 is 0 Å². The van der Waals surface area contributed by atoms with Crippen molar-refractivity contribution in [2.75, 3.05) is 0 Å². The molecule has 2 aromatic rings. The highest BCUT2D eigenvalue weighted by Gasteiger charge is 2.19. The minimum Gasteiger partial charge on any atom is -0.0984 e. The highest BCUT2D eigenvalue weighted by Crippen LogP contribution is 2.46. The Morgan fingerprint density at radius 3 is 2.32 bits per heavy atom. The minimum atomic E-state index is 1.25. The summed E-state index contributed by atoms with van der Waals surface area (Å²) in [5.41, 5.74) is 6.50. The van der Waals surface area contributed by atoms with Crippen molar-refractivity contribution >= 4 is 17.3 Å². The Bertz CT molecular complexity index is 693. The Morgan fingerprint density at radius 1 is 0.895 bits per heavy atom. The lowest BCUT2D eigenvalue weighted by molar-refractivity contribution is 1.31. The third kappa shape index (κ3) is 1.95. The van der Waals surface area contributed by atoms with Crippen LogP contribution in [0.25, 0.3) is 16.7 Å². The highest BCUT2D eigenvalue weighted by molar-refractivity contribution is 8.03. The first kappa shape index (κ1) is 12.3. The molecule has 1 heteroatoms. The van der Waals surface area contributed by atoms with E-state index in [9.17, 15) is 0 Å². The summed E-state index contributed by atoms with van der Waals surface area (Å²) >= 11 is 1.86. The molecule has 0 nitrogen and oxygen atoms in total. The van der Waals surface area contributed by atoms with E-state index in [1.165, 1.54) is 37.6 Å². The largest absolute Gasteiger partial charge is 0.0984 e. The number of thioether (sulfide) groups is 1. The van der Waals surface area contributed by atoms with Gasteiger partial charge in [0.25, 0.3) is 0 Å². The lowest BCUT2D eigenvalue weighted by Crippen LogP contribution is -1.88. The number of fused-ring (bicyclic) bond motifs is 3. The van der Waals surface area contributed by atoms with Gasteiger partial charge in [-0.3, -0.25) is 0 Å². The molecule has 0 saturated heterocycles. The second-order valence-electron chi connectivity index (χ2n) is 4.77. The zero-order valence-electron chi connectivity index (χ0n) is 11.2. The van der Waals surface area contributed by atoms with Crippen LogP contribution in [-0.2, 0) is 0 Å². The van der Waals surface area contributed by atoms with Crippen molar-refractivity contribution in [2.24, 2.45) is 0 Å². The Labute approximate surface area is 118 Å². The van der Waals surface area contributed by atoms with Crippen LogP contribution in [0, 0.1) is 6.92 Å². The molecule has 0 spiro atoms. The predicted octanol–water partition coefficient (Wildman–Crippen LogP) is 5.68. The van der Waals surface area contributed by atoms with Crippen molar-refractivity contribution in [3.63, 3.8) is 0 Å². The molecule has 0 aliphatic carbocycles. The minimum absolute atomic E-state index is 1.25. The van der Waals surface area contributed by atoms with Crippen LogP contribution in [0.15, 0.2) is 64.9 Å². The molecule has 0 amide bonds. The average Bonchev–Trinajstić information content (AvgIpc) is 2.54. The van der Waals surface area contributed by atoms with Crippen LogP contribution in [0.4, 0.5) is 0 Å². The van der Waals surface area contributed by atoms with Gasteiger partial charge in [0.1, 0.15) is 0 Å². The highest BCUT2D eigenvalue weighted by atomic mass is 32.2. The fourth-order valence-corrected chi connectivity index (χ4v) is 3.73. The van der Waals surface area contributed by atoms with Gasteiger partial charge in [0.15, 0.2) is 0 Å². The van der Waals surface area contributed by atoms with Gasteiger partial charge in [-0.05, 0) is 46.6 Å². The van der Waals surface area contributed by atoms with Crippen LogP contribution >= 0.6 is 11.8 Å². The van der Waals surface area contributed by atoms with E-state index in [1.807, 2.05) is 17.8 Å². The molecule has 94 valence electrons. The summed E-state index contributed by atoms with van der Waals surface area (Å²) in [4.78, 5) is 2.68. The van der Waals surface area contributed by atoms with E-state index in [-0.39, 0.29) is 0 Å². The molecule has 1 heterocycles. The molecule has 0 saturated carbocycles. The molecule has 0 fully saturated rings. The molecular weight excluding hydrogens is 248 g/mol. The SMILES string of the molecule is C=CC1=C(C)Sc2c(C)cccc2-c2ccccc21. The van der Waals surface area contributed by atoms with Crippen LogP contribution in [-0.4, -0.2) is 0 Å². The maximum atomic E-state index is 3.99. The van der Waals surface area contributed by atoms with E-state index in [0.29, 0.717) is 0 Å². The summed E-state index contributed by atoms with van der Waals surface area (Å²) in [6.07, 6.45) is 1.97. The normalized spacial score (nSPS) is 13.6. The first-order valence-electron chi connectivity index (χ1n) is 6.43. The quantitative estimate of drug-likeness (QED) is 0.638. The first-order valence-corrected chi connectivity index (χ1v) is 7.24. The zero-order valence-corrected chi connectivity index (χ0v) is 12.1. The number of rotatable bonds is 1. The zero-order chi connectivity index (χ0) is 13.4. The standard InChI is InChI=1S/C18H16S/c1-4-14-13(3)19-18-12(2)8-7-11-17(18)16-10-6-5-9-15(14)16/h4-11H,1H2,2-3H3. The first-order chi connectivity index (χ1) is 9.22. The Balaban J connectivity index is 2.41. The monoisotopic (exact) mass is 264 g/mol. The summed E-state index contributed by atoms with van der Waals surface area (Å²) in [5.74, 6) is 0. The Morgan fingerprint density at radius 2 is 1.58 bits per heavy atom. The predicted molar refractivity (Wildman–Crippen MR) is 85.3 cm³/mol. The summed E-state index contributed by atoms with van der Waals surface area (Å²) in [5, 5.41) is 0. The Hall–Kier alpha value is -1.73. The molecule has 3 rings (SSSR count). The molecule has 0 atom stereocenters. The van der Waals surface area contributed by atoms with Gasteiger partial charge in [-0.15, -0.1) is 0 Å². The van der Waals surface area contributed by atoms with E-state index in [4.69, 9.17) is 0 Å². The molecule has 2 aromatic carbocycles. The molecule has 0 bridgehead atoms. The van der Waals surface area contributed by atoms with Gasteiger partial charge < -0.3 is 0 Å². The van der Waals surface area contributed by atoms with Crippen LogP contribution in [0.1, 0.15) is 18.1 Å². The Kier molecular flexibility index (Phi) is 3.08. The lowest BCUT2D eigenvalue weighted by atomic mass is 9.93. The van der Waals surface area contributed by atoms with E-state index in [0.717, 1.165) is 0 Å². The average molecular weight is 264 g/mol. The van der Waals surface area contributed by atoms with Crippen LogP contribution in [0.2, 0.25) is 0 Å². The van der Waals surface area contributed by atoms with Crippen molar-refractivity contribution in [3.8, 4) is 11.1 Å². The van der Waals surface area contributed by atoms with E-state index >= 15 is 0 Å². The van der Waals surface area contributed by atoms with Crippen LogP contribution in [0.5, 0.6) is 0 Å². The van der Waals surface area contributed by atoms with Crippen molar-refractivity contribution < 1.29 is 0 Å².